The Morgan fingerprint density at radius 2 is 1.62 bits per heavy atom. The molecule has 0 aromatic heterocycles. The zero-order valence-corrected chi connectivity index (χ0v) is 14.9. The van der Waals surface area contributed by atoms with Gasteiger partial charge >= 0.3 is 0 Å². The van der Waals surface area contributed by atoms with Crippen molar-refractivity contribution in [2.45, 2.75) is 58.2 Å². The highest BCUT2D eigenvalue weighted by atomic mass is 16.3. The highest BCUT2D eigenvalue weighted by Gasteiger charge is 2.31. The molecule has 1 amide bonds. The largest absolute Gasteiger partial charge is 0.396 e. The number of carbonyl (C=O) groups excluding carboxylic acids is 1. The fourth-order valence-electron chi connectivity index (χ4n) is 4.08. The van der Waals surface area contributed by atoms with Crippen molar-refractivity contribution in [2.75, 3.05) is 19.7 Å². The van der Waals surface area contributed by atoms with E-state index >= 15 is 0 Å². The average Bonchev–Trinajstić information content (AvgIpc) is 2.94. The Hall–Kier alpha value is -1.39. The first kappa shape index (κ1) is 17.4. The Labute approximate surface area is 145 Å². The number of nitrogens with zero attached hydrogens (tertiary/aromatic N) is 2. The molecule has 132 valence electrons. The van der Waals surface area contributed by atoms with Crippen LogP contribution in [0.3, 0.4) is 0 Å². The third-order valence-corrected chi connectivity index (χ3v) is 5.76. The molecule has 2 unspecified atom stereocenters. The number of likely N-dealkylation sites (tertiary alicyclic amines) is 2. The first-order valence-corrected chi connectivity index (χ1v) is 9.33. The van der Waals surface area contributed by atoms with Gasteiger partial charge in [0.15, 0.2) is 0 Å². The first-order valence-electron chi connectivity index (χ1n) is 9.33. The smallest absolute Gasteiger partial charge is 0.254 e. The molecule has 2 heterocycles. The Bertz CT molecular complexity index is 539. The Balaban J connectivity index is 1.58. The number of aliphatic hydroxyl groups excluding tert-OH is 1. The maximum Gasteiger partial charge on any atom is 0.254 e. The van der Waals surface area contributed by atoms with E-state index in [0.717, 1.165) is 50.9 Å². The van der Waals surface area contributed by atoms with E-state index in [9.17, 15) is 9.90 Å². The molecule has 3 rings (SSSR count). The summed E-state index contributed by atoms with van der Waals surface area (Å²) in [5.41, 5.74) is 2.06. The van der Waals surface area contributed by atoms with Crippen molar-refractivity contribution in [1.82, 2.24) is 9.80 Å². The number of aliphatic hydroxyl groups is 1. The van der Waals surface area contributed by atoms with Gasteiger partial charge in [0.25, 0.3) is 5.91 Å². The summed E-state index contributed by atoms with van der Waals surface area (Å²) in [4.78, 5) is 17.2. The van der Waals surface area contributed by atoms with Crippen LogP contribution in [-0.4, -0.2) is 52.6 Å². The van der Waals surface area contributed by atoms with E-state index < -0.39 is 0 Å². The predicted molar refractivity (Wildman–Crippen MR) is 95.9 cm³/mol. The molecule has 2 saturated heterocycles. The fraction of sp³-hybridized carbons (Fsp3) is 0.650. The summed E-state index contributed by atoms with van der Waals surface area (Å²) in [7, 11) is 0. The molecule has 0 saturated carbocycles. The van der Waals surface area contributed by atoms with Crippen LogP contribution in [0.15, 0.2) is 24.3 Å². The molecule has 2 aliphatic heterocycles. The lowest BCUT2D eigenvalue weighted by Gasteiger charge is -2.31. The summed E-state index contributed by atoms with van der Waals surface area (Å²) in [5, 5.41) is 9.22. The summed E-state index contributed by atoms with van der Waals surface area (Å²) in [6.07, 6.45) is 4.37. The van der Waals surface area contributed by atoms with Crippen LogP contribution in [0.4, 0.5) is 0 Å². The van der Waals surface area contributed by atoms with Gasteiger partial charge in [0, 0.05) is 30.8 Å². The van der Waals surface area contributed by atoms with Crippen molar-refractivity contribution in [1.29, 1.82) is 0 Å². The molecule has 1 aromatic carbocycles. The van der Waals surface area contributed by atoms with Crippen LogP contribution in [0.1, 0.15) is 55.5 Å². The van der Waals surface area contributed by atoms with Gasteiger partial charge in [-0.3, -0.25) is 9.69 Å². The minimum atomic E-state index is 0.169. The van der Waals surface area contributed by atoms with Crippen LogP contribution in [0.2, 0.25) is 0 Å². The molecule has 1 N–H and O–H groups in total. The van der Waals surface area contributed by atoms with E-state index in [4.69, 9.17) is 0 Å². The normalized spacial score (nSPS) is 26.0. The highest BCUT2D eigenvalue weighted by Crippen LogP contribution is 2.26. The second kappa shape index (κ2) is 7.66. The first-order chi connectivity index (χ1) is 11.6. The maximum atomic E-state index is 12.7. The number of rotatable bonds is 4. The number of carbonyl (C=O) groups is 1. The van der Waals surface area contributed by atoms with Gasteiger partial charge in [-0.2, -0.15) is 0 Å². The standard InChI is InChI=1S/C20H30N2O2/c1-15-3-4-16(2)22(15)20(24)19-7-5-17(6-8-19)13-21-11-9-18(14-23)10-12-21/h5-8,15-16,18,23H,3-4,9-14H2,1-2H3. The predicted octanol–water partition coefficient (Wildman–Crippen LogP) is 2.90. The summed E-state index contributed by atoms with van der Waals surface area (Å²) in [6, 6.07) is 8.85. The Morgan fingerprint density at radius 1 is 1.04 bits per heavy atom. The molecule has 2 aliphatic rings. The topological polar surface area (TPSA) is 43.8 Å². The van der Waals surface area contributed by atoms with Crippen molar-refractivity contribution in [3.05, 3.63) is 35.4 Å². The quantitative estimate of drug-likeness (QED) is 0.923. The van der Waals surface area contributed by atoms with Gasteiger partial charge in [-0.25, -0.2) is 0 Å². The molecule has 0 radical (unpaired) electrons. The van der Waals surface area contributed by atoms with E-state index in [2.05, 4.69) is 30.9 Å². The summed E-state index contributed by atoms with van der Waals surface area (Å²) >= 11 is 0. The van der Waals surface area contributed by atoms with Crippen molar-refractivity contribution in [3.63, 3.8) is 0 Å². The lowest BCUT2D eigenvalue weighted by atomic mass is 9.97. The third kappa shape index (κ3) is 3.81. The number of piperidine rings is 1. The minimum absolute atomic E-state index is 0.169. The fourth-order valence-corrected chi connectivity index (χ4v) is 4.08. The number of hydrogen-bond donors (Lipinski definition) is 1. The van der Waals surface area contributed by atoms with Crippen LogP contribution in [-0.2, 0) is 6.54 Å². The maximum absolute atomic E-state index is 12.7. The Morgan fingerprint density at radius 3 is 2.17 bits per heavy atom. The third-order valence-electron chi connectivity index (χ3n) is 5.76. The zero-order valence-electron chi connectivity index (χ0n) is 14.9. The van der Waals surface area contributed by atoms with Crippen molar-refractivity contribution < 1.29 is 9.90 Å². The molecule has 0 aliphatic carbocycles. The second-order valence-electron chi connectivity index (χ2n) is 7.59. The SMILES string of the molecule is CC1CCC(C)N1C(=O)c1ccc(CN2CCC(CO)CC2)cc1. The zero-order chi connectivity index (χ0) is 17.1. The average molecular weight is 330 g/mol. The highest BCUT2D eigenvalue weighted by molar-refractivity contribution is 5.94. The van der Waals surface area contributed by atoms with Gasteiger partial charge in [0.2, 0.25) is 0 Å². The molecule has 2 fully saturated rings. The molecule has 4 nitrogen and oxygen atoms in total. The minimum Gasteiger partial charge on any atom is -0.396 e. The van der Waals surface area contributed by atoms with Gasteiger partial charge in [-0.05, 0) is 76.2 Å². The van der Waals surface area contributed by atoms with Crippen LogP contribution in [0.5, 0.6) is 0 Å². The molecule has 0 spiro atoms. The second-order valence-corrected chi connectivity index (χ2v) is 7.59. The van der Waals surface area contributed by atoms with Gasteiger partial charge in [0.1, 0.15) is 0 Å². The van der Waals surface area contributed by atoms with Crippen LogP contribution in [0.25, 0.3) is 0 Å². The molecule has 24 heavy (non-hydrogen) atoms. The van der Waals surface area contributed by atoms with Crippen LogP contribution >= 0.6 is 0 Å². The van der Waals surface area contributed by atoms with E-state index in [1.54, 1.807) is 0 Å². The number of hydrogen-bond acceptors (Lipinski definition) is 3. The van der Waals surface area contributed by atoms with Gasteiger partial charge in [-0.15, -0.1) is 0 Å². The van der Waals surface area contributed by atoms with Crippen LogP contribution in [0, 0.1) is 5.92 Å². The van der Waals surface area contributed by atoms with Gasteiger partial charge < -0.3 is 10.0 Å². The lowest BCUT2D eigenvalue weighted by molar-refractivity contribution is 0.0693. The monoisotopic (exact) mass is 330 g/mol. The van der Waals surface area contributed by atoms with Crippen molar-refractivity contribution in [3.8, 4) is 0 Å². The Kier molecular flexibility index (Phi) is 5.57. The molecule has 0 bridgehead atoms. The van der Waals surface area contributed by atoms with E-state index in [1.807, 2.05) is 17.0 Å². The summed E-state index contributed by atoms with van der Waals surface area (Å²) in [6.45, 7) is 7.64. The van der Waals surface area contributed by atoms with E-state index in [-0.39, 0.29) is 5.91 Å². The van der Waals surface area contributed by atoms with Gasteiger partial charge in [0.05, 0.1) is 0 Å². The van der Waals surface area contributed by atoms with Gasteiger partial charge in [-0.1, -0.05) is 12.1 Å². The summed E-state index contributed by atoms with van der Waals surface area (Å²) in [5.74, 6) is 0.647. The lowest BCUT2D eigenvalue weighted by Crippen LogP contribution is -2.38. The van der Waals surface area contributed by atoms with E-state index in [1.165, 1.54) is 5.56 Å². The number of amides is 1. The van der Waals surface area contributed by atoms with E-state index in [0.29, 0.717) is 24.6 Å². The molecular weight excluding hydrogens is 300 g/mol. The molecule has 1 aromatic rings. The van der Waals surface area contributed by atoms with Crippen molar-refractivity contribution in [2.24, 2.45) is 5.92 Å². The summed E-state index contributed by atoms with van der Waals surface area (Å²) < 4.78 is 0. The van der Waals surface area contributed by atoms with Crippen molar-refractivity contribution >= 4 is 5.91 Å². The molecule has 4 heteroatoms. The molecule has 2 atom stereocenters. The van der Waals surface area contributed by atoms with Crippen LogP contribution < -0.4 is 0 Å². The molecular formula is C20H30N2O2. The number of benzene rings is 1.